The van der Waals surface area contributed by atoms with Gasteiger partial charge in [0.15, 0.2) is 0 Å². The lowest BCUT2D eigenvalue weighted by Crippen LogP contribution is -2.17. The molecule has 150 valence electrons. The summed E-state index contributed by atoms with van der Waals surface area (Å²) in [6.07, 6.45) is 1.82. The lowest BCUT2D eigenvalue weighted by Gasteiger charge is -2.28. The maximum atomic E-state index is 10.9. The van der Waals surface area contributed by atoms with Crippen molar-refractivity contribution in [1.29, 1.82) is 0 Å². The van der Waals surface area contributed by atoms with E-state index in [1.54, 1.807) is 11.8 Å². The lowest BCUT2D eigenvalue weighted by molar-refractivity contribution is 0.422. The second-order valence-corrected chi connectivity index (χ2v) is 10.6. The van der Waals surface area contributed by atoms with E-state index in [2.05, 4.69) is 67.5 Å². The molecule has 0 saturated heterocycles. The Morgan fingerprint density at radius 2 is 1.56 bits per heavy atom. The lowest BCUT2D eigenvalue weighted by atomic mass is 9.79. The van der Waals surface area contributed by atoms with Gasteiger partial charge >= 0.3 is 0 Å². The van der Waals surface area contributed by atoms with Crippen LogP contribution in [0.15, 0.2) is 21.4 Å². The van der Waals surface area contributed by atoms with E-state index in [-0.39, 0.29) is 16.1 Å². The van der Waals surface area contributed by atoms with Crippen molar-refractivity contribution in [1.82, 2.24) is 4.98 Å². The molecule has 1 aromatic heterocycles. The molecule has 27 heavy (non-hydrogen) atoms. The number of phenolic OH excluding ortho intramolecular Hbond substituents is 1. The molecule has 0 amide bonds. The molecule has 1 N–H and O–H groups in total. The number of nitrogens with zero attached hydrogens (tertiary/aromatic N) is 1. The highest BCUT2D eigenvalue weighted by molar-refractivity contribution is 7.99. The second kappa shape index (κ2) is 7.90. The maximum Gasteiger partial charge on any atom is 0.208 e. The van der Waals surface area contributed by atoms with Gasteiger partial charge in [0.05, 0.1) is 10.9 Å². The highest BCUT2D eigenvalue weighted by Gasteiger charge is 2.28. The first-order chi connectivity index (χ1) is 12.4. The van der Waals surface area contributed by atoms with Gasteiger partial charge in [-0.1, -0.05) is 55.4 Å². The van der Waals surface area contributed by atoms with Crippen LogP contribution in [0.1, 0.15) is 95.5 Å². The Labute approximate surface area is 169 Å². The largest absolute Gasteiger partial charge is 0.507 e. The molecular weight excluding hydrogens is 354 g/mol. The average Bonchev–Trinajstić information content (AvgIpc) is 2.92. The van der Waals surface area contributed by atoms with E-state index in [1.165, 1.54) is 0 Å². The standard InChI is InChI=1S/C23H35NO2S/c1-10-18-14(3)26-21(24-18)19(11-2)27-15-12-16(22(4,5)6)20(25)17(13-15)23(7,8)9/h12-13,19,25H,10-11H2,1-9H3. The van der Waals surface area contributed by atoms with Crippen LogP contribution in [0.3, 0.4) is 0 Å². The van der Waals surface area contributed by atoms with Gasteiger partial charge in [0.1, 0.15) is 11.5 Å². The van der Waals surface area contributed by atoms with Crippen molar-refractivity contribution in [2.75, 3.05) is 0 Å². The van der Waals surface area contributed by atoms with E-state index in [1.807, 2.05) is 6.92 Å². The van der Waals surface area contributed by atoms with Gasteiger partial charge in [0.25, 0.3) is 0 Å². The number of benzene rings is 1. The first-order valence-electron chi connectivity index (χ1n) is 9.89. The first-order valence-corrected chi connectivity index (χ1v) is 10.8. The number of aromatic hydroxyl groups is 1. The smallest absolute Gasteiger partial charge is 0.208 e. The minimum absolute atomic E-state index is 0.128. The molecule has 0 saturated carbocycles. The van der Waals surface area contributed by atoms with Crippen molar-refractivity contribution in [3.05, 3.63) is 40.6 Å². The van der Waals surface area contributed by atoms with Crippen molar-refractivity contribution < 1.29 is 9.52 Å². The van der Waals surface area contributed by atoms with Crippen LogP contribution in [-0.4, -0.2) is 10.1 Å². The summed E-state index contributed by atoms with van der Waals surface area (Å²) in [4.78, 5) is 5.87. The summed E-state index contributed by atoms with van der Waals surface area (Å²) in [6.45, 7) is 19.1. The van der Waals surface area contributed by atoms with Gasteiger partial charge in [-0.2, -0.15) is 0 Å². The molecule has 0 aliphatic carbocycles. The van der Waals surface area contributed by atoms with Gasteiger partial charge in [-0.3, -0.25) is 0 Å². The van der Waals surface area contributed by atoms with Gasteiger partial charge in [-0.15, -0.1) is 11.8 Å². The van der Waals surface area contributed by atoms with Crippen molar-refractivity contribution in [2.45, 2.75) is 96.1 Å². The maximum absolute atomic E-state index is 10.9. The SMILES string of the molecule is CCc1nc(C(CC)Sc2cc(C(C)(C)C)c(O)c(C(C)(C)C)c2)oc1C. The molecular formula is C23H35NO2S. The van der Waals surface area contributed by atoms with E-state index < -0.39 is 0 Å². The molecule has 1 unspecified atom stereocenters. The van der Waals surface area contributed by atoms with Crippen LogP contribution in [0, 0.1) is 6.92 Å². The number of rotatable bonds is 5. The zero-order valence-corrected chi connectivity index (χ0v) is 19.2. The van der Waals surface area contributed by atoms with Crippen LogP contribution in [0.5, 0.6) is 5.75 Å². The number of aryl methyl sites for hydroxylation is 2. The number of hydrogen-bond donors (Lipinski definition) is 1. The van der Waals surface area contributed by atoms with Crippen molar-refractivity contribution in [3.8, 4) is 5.75 Å². The summed E-state index contributed by atoms with van der Waals surface area (Å²) >= 11 is 1.78. The minimum atomic E-state index is -0.128. The minimum Gasteiger partial charge on any atom is -0.507 e. The Balaban J connectivity index is 2.50. The highest BCUT2D eigenvalue weighted by Crippen LogP contribution is 2.45. The van der Waals surface area contributed by atoms with Gasteiger partial charge < -0.3 is 9.52 Å². The Bertz CT molecular complexity index is 759. The Morgan fingerprint density at radius 3 is 1.93 bits per heavy atom. The summed E-state index contributed by atoms with van der Waals surface area (Å²) in [5.41, 5.74) is 2.77. The summed E-state index contributed by atoms with van der Waals surface area (Å²) in [6, 6.07) is 4.27. The van der Waals surface area contributed by atoms with Crippen molar-refractivity contribution in [3.63, 3.8) is 0 Å². The monoisotopic (exact) mass is 389 g/mol. The highest BCUT2D eigenvalue weighted by atomic mass is 32.2. The Kier molecular flexibility index (Phi) is 6.40. The molecule has 0 fully saturated rings. The summed E-state index contributed by atoms with van der Waals surface area (Å²) in [7, 11) is 0. The van der Waals surface area contributed by atoms with Crippen LogP contribution in [-0.2, 0) is 17.3 Å². The third-order valence-corrected chi connectivity index (χ3v) is 6.20. The fourth-order valence-electron chi connectivity index (χ4n) is 3.21. The predicted octanol–water partition coefficient (Wildman–Crippen LogP) is 7.09. The Hall–Kier alpha value is -1.42. The van der Waals surface area contributed by atoms with E-state index in [9.17, 15) is 5.11 Å². The molecule has 4 heteroatoms. The molecule has 2 rings (SSSR count). The molecule has 1 heterocycles. The molecule has 0 spiro atoms. The Morgan fingerprint density at radius 1 is 1.04 bits per heavy atom. The summed E-state index contributed by atoms with van der Waals surface area (Å²) < 4.78 is 5.97. The van der Waals surface area contributed by atoms with E-state index in [0.29, 0.717) is 5.75 Å². The van der Waals surface area contributed by atoms with Gasteiger partial charge in [-0.25, -0.2) is 4.98 Å². The molecule has 0 aliphatic heterocycles. The molecule has 2 aromatic rings. The van der Waals surface area contributed by atoms with E-state index in [0.717, 1.165) is 46.2 Å². The van der Waals surface area contributed by atoms with E-state index >= 15 is 0 Å². The first kappa shape index (κ1) is 21.9. The predicted molar refractivity (Wildman–Crippen MR) is 115 cm³/mol. The fraction of sp³-hybridized carbons (Fsp3) is 0.609. The quantitative estimate of drug-likeness (QED) is 0.554. The zero-order chi connectivity index (χ0) is 20.6. The number of hydrogen-bond acceptors (Lipinski definition) is 4. The van der Waals surface area contributed by atoms with Gasteiger partial charge in [-0.05, 0) is 42.7 Å². The number of oxazole rings is 1. The van der Waals surface area contributed by atoms with Crippen molar-refractivity contribution >= 4 is 11.8 Å². The molecule has 0 bridgehead atoms. The second-order valence-electron chi connectivity index (χ2n) is 9.29. The normalized spacial score (nSPS) is 13.8. The topological polar surface area (TPSA) is 46.3 Å². The van der Waals surface area contributed by atoms with Crippen LogP contribution in [0.4, 0.5) is 0 Å². The average molecular weight is 390 g/mol. The molecule has 1 aromatic carbocycles. The van der Waals surface area contributed by atoms with Crippen LogP contribution < -0.4 is 0 Å². The number of aromatic nitrogens is 1. The number of thioether (sulfide) groups is 1. The number of phenols is 1. The van der Waals surface area contributed by atoms with Crippen LogP contribution in [0.2, 0.25) is 0 Å². The van der Waals surface area contributed by atoms with Gasteiger partial charge in [0.2, 0.25) is 5.89 Å². The van der Waals surface area contributed by atoms with Crippen LogP contribution >= 0.6 is 11.8 Å². The molecule has 0 radical (unpaired) electrons. The third kappa shape index (κ3) is 4.90. The van der Waals surface area contributed by atoms with E-state index in [4.69, 9.17) is 9.40 Å². The molecule has 1 atom stereocenters. The fourth-order valence-corrected chi connectivity index (χ4v) is 4.28. The molecule has 3 nitrogen and oxygen atoms in total. The van der Waals surface area contributed by atoms with Crippen molar-refractivity contribution in [2.24, 2.45) is 0 Å². The molecule has 0 aliphatic rings. The van der Waals surface area contributed by atoms with Crippen LogP contribution in [0.25, 0.3) is 0 Å². The summed E-state index contributed by atoms with van der Waals surface area (Å²) in [5, 5.41) is 11.1. The van der Waals surface area contributed by atoms with Gasteiger partial charge in [0, 0.05) is 16.0 Å². The third-order valence-electron chi connectivity index (χ3n) is 4.87. The summed E-state index contributed by atoms with van der Waals surface area (Å²) in [5.74, 6) is 2.15. The zero-order valence-electron chi connectivity index (χ0n) is 18.4.